The number of rotatable bonds is 1. The van der Waals surface area contributed by atoms with Crippen LogP contribution in [0.25, 0.3) is 21.5 Å². The number of halogens is 1. The van der Waals surface area contributed by atoms with E-state index in [0.29, 0.717) is 10.2 Å². The van der Waals surface area contributed by atoms with Gasteiger partial charge in [-0.25, -0.2) is 4.98 Å². The van der Waals surface area contributed by atoms with Gasteiger partial charge in [-0.15, -0.1) is 11.3 Å². The minimum Gasteiger partial charge on any atom is -0.504 e. The van der Waals surface area contributed by atoms with E-state index in [4.69, 9.17) is 0 Å². The van der Waals surface area contributed by atoms with E-state index < -0.39 is 0 Å². The average Bonchev–Trinajstić information content (AvgIpc) is 2.88. The minimum atomic E-state index is 0.204. The fourth-order valence-corrected chi connectivity index (χ4v) is 3.13. The van der Waals surface area contributed by atoms with Crippen LogP contribution in [0.3, 0.4) is 0 Å². The van der Waals surface area contributed by atoms with Crippen molar-refractivity contribution in [2.75, 3.05) is 0 Å². The van der Waals surface area contributed by atoms with Crippen LogP contribution in [-0.2, 0) is 0 Å². The molecule has 18 heavy (non-hydrogen) atoms. The molecule has 0 atom stereocenters. The highest BCUT2D eigenvalue weighted by atomic mass is 79.9. The first kappa shape index (κ1) is 11.7. The van der Waals surface area contributed by atoms with Gasteiger partial charge in [0.25, 0.3) is 0 Å². The normalized spacial score (nSPS) is 11.0. The number of thiophene rings is 1. The Morgan fingerprint density at radius 3 is 2.83 bits per heavy atom. The average molecular weight is 320 g/mol. The van der Waals surface area contributed by atoms with Crippen LogP contribution >= 0.6 is 27.3 Å². The zero-order valence-electron chi connectivity index (χ0n) is 9.64. The number of hydrogen-bond donors (Lipinski definition) is 1. The molecular weight excluding hydrogens is 310 g/mol. The lowest BCUT2D eigenvalue weighted by molar-refractivity contribution is 0.473. The number of benzene rings is 1. The Morgan fingerprint density at radius 1 is 1.28 bits per heavy atom. The van der Waals surface area contributed by atoms with Crippen molar-refractivity contribution in [2.45, 2.75) is 6.92 Å². The summed E-state index contributed by atoms with van der Waals surface area (Å²) >= 11 is 5.03. The molecule has 1 N–H and O–H groups in total. The molecule has 2 heterocycles. The third kappa shape index (κ3) is 1.82. The molecule has 0 unspecified atom stereocenters. The molecule has 2 aromatic heterocycles. The van der Waals surface area contributed by atoms with E-state index >= 15 is 0 Å². The summed E-state index contributed by atoms with van der Waals surface area (Å²) in [6.07, 6.45) is 0. The molecule has 0 fully saturated rings. The third-order valence-electron chi connectivity index (χ3n) is 2.81. The first-order chi connectivity index (χ1) is 8.66. The maximum Gasteiger partial charge on any atom is 0.157 e. The smallest absolute Gasteiger partial charge is 0.157 e. The second-order valence-electron chi connectivity index (χ2n) is 4.12. The molecule has 1 aromatic carbocycles. The van der Waals surface area contributed by atoms with E-state index in [1.54, 1.807) is 11.3 Å². The van der Waals surface area contributed by atoms with Crippen molar-refractivity contribution in [3.63, 3.8) is 0 Å². The summed E-state index contributed by atoms with van der Waals surface area (Å²) < 4.78 is 0.708. The first-order valence-corrected chi connectivity index (χ1v) is 7.17. The van der Waals surface area contributed by atoms with Gasteiger partial charge in [0.05, 0.1) is 14.9 Å². The highest BCUT2D eigenvalue weighted by molar-refractivity contribution is 9.10. The standard InChI is InChI=1S/C14H10BrNOS/c1-8-4-5-10-9(7-8)12(15)14(17)13(16-10)11-3-2-6-18-11/h2-7,17H,1H3. The lowest BCUT2D eigenvalue weighted by atomic mass is 10.1. The van der Waals surface area contributed by atoms with Crippen molar-refractivity contribution in [3.05, 3.63) is 45.7 Å². The summed E-state index contributed by atoms with van der Waals surface area (Å²) in [7, 11) is 0. The molecule has 0 bridgehead atoms. The summed E-state index contributed by atoms with van der Waals surface area (Å²) in [6.45, 7) is 2.02. The number of hydrogen-bond acceptors (Lipinski definition) is 3. The monoisotopic (exact) mass is 319 g/mol. The van der Waals surface area contributed by atoms with Gasteiger partial charge < -0.3 is 5.11 Å². The van der Waals surface area contributed by atoms with Crippen LogP contribution in [0.1, 0.15) is 5.56 Å². The Labute approximate surface area is 117 Å². The molecule has 4 heteroatoms. The molecule has 0 saturated heterocycles. The molecule has 0 aliphatic carbocycles. The molecule has 0 saturated carbocycles. The predicted molar refractivity (Wildman–Crippen MR) is 79.2 cm³/mol. The highest BCUT2D eigenvalue weighted by Crippen LogP contribution is 2.40. The quantitative estimate of drug-likeness (QED) is 0.702. The summed E-state index contributed by atoms with van der Waals surface area (Å²) in [5.74, 6) is 0.204. The highest BCUT2D eigenvalue weighted by Gasteiger charge is 2.14. The van der Waals surface area contributed by atoms with Gasteiger partial charge in [0.15, 0.2) is 5.75 Å². The summed E-state index contributed by atoms with van der Waals surface area (Å²) in [5, 5.41) is 13.2. The van der Waals surface area contributed by atoms with Crippen molar-refractivity contribution in [1.29, 1.82) is 0 Å². The van der Waals surface area contributed by atoms with E-state index in [2.05, 4.69) is 20.9 Å². The topological polar surface area (TPSA) is 33.1 Å². The molecule has 0 aliphatic heterocycles. The van der Waals surface area contributed by atoms with Gasteiger partial charge in [-0.1, -0.05) is 17.7 Å². The van der Waals surface area contributed by atoms with Crippen molar-refractivity contribution < 1.29 is 5.11 Å². The van der Waals surface area contributed by atoms with Gasteiger partial charge in [-0.3, -0.25) is 0 Å². The van der Waals surface area contributed by atoms with Crippen molar-refractivity contribution >= 4 is 38.2 Å². The van der Waals surface area contributed by atoms with Gasteiger partial charge in [-0.2, -0.15) is 0 Å². The SMILES string of the molecule is Cc1ccc2nc(-c3cccs3)c(O)c(Br)c2c1. The van der Waals surface area contributed by atoms with Crippen molar-refractivity contribution in [2.24, 2.45) is 0 Å². The largest absolute Gasteiger partial charge is 0.504 e. The maximum absolute atomic E-state index is 10.3. The molecule has 0 amide bonds. The number of aromatic hydroxyl groups is 1. The van der Waals surface area contributed by atoms with Gasteiger partial charge in [0.2, 0.25) is 0 Å². The van der Waals surface area contributed by atoms with Crippen LogP contribution in [0.2, 0.25) is 0 Å². The Hall–Kier alpha value is -1.39. The maximum atomic E-state index is 10.3. The number of fused-ring (bicyclic) bond motifs is 1. The lowest BCUT2D eigenvalue weighted by Gasteiger charge is -2.08. The summed E-state index contributed by atoms with van der Waals surface area (Å²) in [5.41, 5.74) is 2.66. The van der Waals surface area contributed by atoms with Gasteiger partial charge in [0.1, 0.15) is 5.69 Å². The molecule has 90 valence electrons. The summed E-state index contributed by atoms with van der Waals surface area (Å²) in [4.78, 5) is 5.52. The fourth-order valence-electron chi connectivity index (χ4n) is 1.91. The van der Waals surface area contributed by atoms with E-state index in [1.165, 1.54) is 0 Å². The number of pyridine rings is 1. The van der Waals surface area contributed by atoms with E-state index in [1.807, 2.05) is 42.6 Å². The molecule has 0 aliphatic rings. The van der Waals surface area contributed by atoms with E-state index in [0.717, 1.165) is 21.3 Å². The van der Waals surface area contributed by atoms with E-state index in [9.17, 15) is 5.11 Å². The molecular formula is C14H10BrNOS. The number of aryl methyl sites for hydroxylation is 1. The lowest BCUT2D eigenvalue weighted by Crippen LogP contribution is -1.88. The zero-order chi connectivity index (χ0) is 12.7. The predicted octanol–water partition coefficient (Wildman–Crippen LogP) is 4.74. The number of aromatic nitrogens is 1. The molecule has 3 aromatic rings. The molecule has 0 spiro atoms. The van der Waals surface area contributed by atoms with Gasteiger partial charge in [-0.05, 0) is 46.4 Å². The van der Waals surface area contributed by atoms with Gasteiger partial charge >= 0.3 is 0 Å². The van der Waals surface area contributed by atoms with Crippen LogP contribution in [0.15, 0.2) is 40.2 Å². The zero-order valence-corrected chi connectivity index (χ0v) is 12.0. The Morgan fingerprint density at radius 2 is 2.11 bits per heavy atom. The van der Waals surface area contributed by atoms with Crippen LogP contribution in [0.5, 0.6) is 5.75 Å². The Balaban J connectivity index is 2.36. The molecule has 3 rings (SSSR count). The summed E-state index contributed by atoms with van der Waals surface area (Å²) in [6, 6.07) is 9.93. The first-order valence-electron chi connectivity index (χ1n) is 5.49. The van der Waals surface area contributed by atoms with E-state index in [-0.39, 0.29) is 5.75 Å². The number of nitrogens with zero attached hydrogens (tertiary/aromatic N) is 1. The van der Waals surface area contributed by atoms with Crippen LogP contribution in [-0.4, -0.2) is 10.1 Å². The Kier molecular flexibility index (Phi) is 2.84. The van der Waals surface area contributed by atoms with Crippen molar-refractivity contribution in [3.8, 4) is 16.3 Å². The minimum absolute atomic E-state index is 0.204. The molecule has 0 radical (unpaired) electrons. The second-order valence-corrected chi connectivity index (χ2v) is 5.86. The third-order valence-corrected chi connectivity index (χ3v) is 4.49. The van der Waals surface area contributed by atoms with Crippen LogP contribution < -0.4 is 0 Å². The molecule has 2 nitrogen and oxygen atoms in total. The van der Waals surface area contributed by atoms with Crippen LogP contribution in [0.4, 0.5) is 0 Å². The van der Waals surface area contributed by atoms with Gasteiger partial charge in [0, 0.05) is 5.39 Å². The fraction of sp³-hybridized carbons (Fsp3) is 0.0714. The second kappa shape index (κ2) is 4.37. The van der Waals surface area contributed by atoms with Crippen LogP contribution in [0, 0.1) is 6.92 Å². The van der Waals surface area contributed by atoms with Crippen molar-refractivity contribution in [1.82, 2.24) is 4.98 Å². The Bertz CT molecular complexity index is 722.